The molecule has 1 aliphatic carbocycles. The highest BCUT2D eigenvalue weighted by Gasteiger charge is 2.52. The van der Waals surface area contributed by atoms with E-state index >= 15 is 0 Å². The molecule has 0 unspecified atom stereocenters. The molecule has 0 aromatic carbocycles. The van der Waals surface area contributed by atoms with Crippen molar-refractivity contribution in [3.63, 3.8) is 0 Å². The molecule has 1 aliphatic heterocycles. The van der Waals surface area contributed by atoms with Gasteiger partial charge in [-0.05, 0) is 40.5 Å². The van der Waals surface area contributed by atoms with Gasteiger partial charge in [0.2, 0.25) is 11.9 Å². The van der Waals surface area contributed by atoms with Crippen LogP contribution in [0, 0.1) is 0 Å². The fourth-order valence-electron chi connectivity index (χ4n) is 3.40. The van der Waals surface area contributed by atoms with E-state index in [-0.39, 0.29) is 23.9 Å². The Kier molecular flexibility index (Phi) is 5.98. The second kappa shape index (κ2) is 7.93. The van der Waals surface area contributed by atoms with Crippen molar-refractivity contribution in [2.45, 2.75) is 76.7 Å². The summed E-state index contributed by atoms with van der Waals surface area (Å²) < 4.78 is 12.1. The van der Waals surface area contributed by atoms with Crippen molar-refractivity contribution < 1.29 is 14.1 Å². The SMILES string of the molecule is CC1(C)OB(c2cnc(N[C@H]3CCCC[C@@H]3NC(=O)CCl)nc2)OC1(C)C. The lowest BCUT2D eigenvalue weighted by atomic mass is 9.81. The molecule has 2 heterocycles. The summed E-state index contributed by atoms with van der Waals surface area (Å²) in [5, 5.41) is 6.33. The molecule has 2 atom stereocenters. The highest BCUT2D eigenvalue weighted by molar-refractivity contribution is 6.61. The summed E-state index contributed by atoms with van der Waals surface area (Å²) in [6.45, 7) is 8.06. The molecular weight excluding hydrogens is 366 g/mol. The lowest BCUT2D eigenvalue weighted by Gasteiger charge is -2.32. The maximum absolute atomic E-state index is 11.6. The zero-order chi connectivity index (χ0) is 19.7. The van der Waals surface area contributed by atoms with Crippen LogP contribution in [0.4, 0.5) is 5.95 Å². The number of halogens is 1. The van der Waals surface area contributed by atoms with Gasteiger partial charge in [-0.2, -0.15) is 0 Å². The lowest BCUT2D eigenvalue weighted by Crippen LogP contribution is -2.49. The summed E-state index contributed by atoms with van der Waals surface area (Å²) in [5.41, 5.74) is -0.00967. The fraction of sp³-hybridized carbons (Fsp3) is 0.722. The van der Waals surface area contributed by atoms with Gasteiger partial charge in [0.25, 0.3) is 0 Å². The number of carbonyl (C=O) groups is 1. The van der Waals surface area contributed by atoms with Crippen LogP contribution in [-0.4, -0.2) is 52.2 Å². The molecule has 0 spiro atoms. The Balaban J connectivity index is 1.64. The zero-order valence-electron chi connectivity index (χ0n) is 16.4. The quantitative estimate of drug-likeness (QED) is 0.585. The van der Waals surface area contributed by atoms with Crippen LogP contribution in [0.1, 0.15) is 53.4 Å². The van der Waals surface area contributed by atoms with Crippen LogP contribution in [0.15, 0.2) is 12.4 Å². The molecule has 1 aromatic heterocycles. The van der Waals surface area contributed by atoms with Crippen molar-refractivity contribution in [2.24, 2.45) is 0 Å². The Bertz CT molecular complexity index is 655. The smallest absolute Gasteiger partial charge is 0.399 e. The Morgan fingerprint density at radius 2 is 1.70 bits per heavy atom. The third-order valence-corrected chi connectivity index (χ3v) is 5.99. The third kappa shape index (κ3) is 4.55. The van der Waals surface area contributed by atoms with Crippen LogP contribution in [-0.2, 0) is 14.1 Å². The molecule has 2 fully saturated rings. The number of amides is 1. The van der Waals surface area contributed by atoms with Gasteiger partial charge in [0, 0.05) is 29.9 Å². The Morgan fingerprint density at radius 3 is 2.26 bits per heavy atom. The van der Waals surface area contributed by atoms with E-state index in [0.717, 1.165) is 31.1 Å². The first-order chi connectivity index (χ1) is 12.7. The highest BCUT2D eigenvalue weighted by atomic mass is 35.5. The number of nitrogens with one attached hydrogen (secondary N) is 2. The van der Waals surface area contributed by atoms with Gasteiger partial charge in [-0.15, -0.1) is 11.6 Å². The predicted octanol–water partition coefficient (Wildman–Crippen LogP) is 1.85. The first kappa shape index (κ1) is 20.4. The van der Waals surface area contributed by atoms with E-state index in [0.29, 0.717) is 5.95 Å². The summed E-state index contributed by atoms with van der Waals surface area (Å²) in [6, 6.07) is 0.130. The minimum Gasteiger partial charge on any atom is -0.399 e. The second-order valence-corrected chi connectivity index (χ2v) is 8.54. The molecule has 1 aromatic rings. The van der Waals surface area contributed by atoms with Gasteiger partial charge in [-0.3, -0.25) is 4.79 Å². The van der Waals surface area contributed by atoms with Crippen LogP contribution >= 0.6 is 11.6 Å². The van der Waals surface area contributed by atoms with Crippen molar-refractivity contribution in [1.29, 1.82) is 0 Å². The van der Waals surface area contributed by atoms with Crippen LogP contribution < -0.4 is 16.1 Å². The molecule has 0 bridgehead atoms. The van der Waals surface area contributed by atoms with E-state index in [4.69, 9.17) is 20.9 Å². The van der Waals surface area contributed by atoms with Crippen molar-refractivity contribution in [1.82, 2.24) is 15.3 Å². The molecule has 1 saturated carbocycles. The zero-order valence-corrected chi connectivity index (χ0v) is 17.2. The molecule has 0 radical (unpaired) electrons. The van der Waals surface area contributed by atoms with Gasteiger partial charge >= 0.3 is 7.12 Å². The molecule has 9 heteroatoms. The van der Waals surface area contributed by atoms with E-state index in [2.05, 4.69) is 20.6 Å². The normalized spacial score (nSPS) is 26.6. The van der Waals surface area contributed by atoms with E-state index in [1.807, 2.05) is 27.7 Å². The molecule has 1 saturated heterocycles. The number of hydrogen-bond acceptors (Lipinski definition) is 6. The number of carbonyl (C=O) groups excluding carboxylic acids is 1. The van der Waals surface area contributed by atoms with Gasteiger partial charge in [-0.1, -0.05) is 12.8 Å². The van der Waals surface area contributed by atoms with Crippen LogP contribution in [0.2, 0.25) is 0 Å². The monoisotopic (exact) mass is 394 g/mol. The number of alkyl halides is 1. The summed E-state index contributed by atoms with van der Waals surface area (Å²) in [4.78, 5) is 20.5. The first-order valence-corrected chi connectivity index (χ1v) is 10.0. The second-order valence-electron chi connectivity index (χ2n) is 8.27. The Labute approximate surface area is 166 Å². The molecule has 3 rings (SSSR count). The number of anilines is 1. The number of aromatic nitrogens is 2. The molecule has 2 N–H and O–H groups in total. The van der Waals surface area contributed by atoms with E-state index in [1.54, 1.807) is 12.4 Å². The summed E-state index contributed by atoms with van der Waals surface area (Å²) in [7, 11) is -0.477. The first-order valence-electron chi connectivity index (χ1n) is 9.51. The standard InChI is InChI=1S/C18H28BClN4O3/c1-17(2)18(3,4)27-19(26-17)12-10-21-16(22-11-12)24-14-8-6-5-7-13(14)23-15(25)9-20/h10-11,13-14H,5-9H2,1-4H3,(H,23,25)(H,21,22,24)/t13-,14-/m0/s1. The van der Waals surface area contributed by atoms with Crippen molar-refractivity contribution >= 4 is 36.0 Å². The minimum absolute atomic E-state index is 0.0253. The average Bonchev–Trinajstić information content (AvgIpc) is 2.85. The van der Waals surface area contributed by atoms with Gasteiger partial charge in [0.1, 0.15) is 5.88 Å². The van der Waals surface area contributed by atoms with Crippen LogP contribution in [0.25, 0.3) is 0 Å². The summed E-state index contributed by atoms with van der Waals surface area (Å²) >= 11 is 5.62. The van der Waals surface area contributed by atoms with Gasteiger partial charge in [0.15, 0.2) is 0 Å². The summed E-state index contributed by atoms with van der Waals surface area (Å²) in [6.07, 6.45) is 7.53. The summed E-state index contributed by atoms with van der Waals surface area (Å²) in [5.74, 6) is 0.363. The molecule has 7 nitrogen and oxygen atoms in total. The molecular formula is C18H28BClN4O3. The van der Waals surface area contributed by atoms with Gasteiger partial charge in [0.05, 0.1) is 11.2 Å². The lowest BCUT2D eigenvalue weighted by molar-refractivity contribution is -0.119. The maximum Gasteiger partial charge on any atom is 0.498 e. The highest BCUT2D eigenvalue weighted by Crippen LogP contribution is 2.36. The van der Waals surface area contributed by atoms with Crippen molar-refractivity contribution in [2.75, 3.05) is 11.2 Å². The molecule has 2 aliphatic rings. The number of rotatable bonds is 5. The number of nitrogens with zero attached hydrogens (tertiary/aromatic N) is 2. The Hall–Kier alpha value is -1.38. The van der Waals surface area contributed by atoms with E-state index in [9.17, 15) is 4.79 Å². The van der Waals surface area contributed by atoms with E-state index in [1.165, 1.54) is 0 Å². The van der Waals surface area contributed by atoms with Gasteiger partial charge < -0.3 is 19.9 Å². The maximum atomic E-state index is 11.6. The molecule has 1 amide bonds. The number of hydrogen-bond donors (Lipinski definition) is 2. The third-order valence-electron chi connectivity index (χ3n) is 5.75. The average molecular weight is 395 g/mol. The van der Waals surface area contributed by atoms with E-state index < -0.39 is 18.3 Å². The Morgan fingerprint density at radius 1 is 1.15 bits per heavy atom. The van der Waals surface area contributed by atoms with Crippen LogP contribution in [0.3, 0.4) is 0 Å². The molecule has 148 valence electrons. The topological polar surface area (TPSA) is 85.4 Å². The largest absolute Gasteiger partial charge is 0.498 e. The van der Waals surface area contributed by atoms with Gasteiger partial charge in [-0.25, -0.2) is 9.97 Å². The van der Waals surface area contributed by atoms with Crippen molar-refractivity contribution in [3.05, 3.63) is 12.4 Å². The predicted molar refractivity (Wildman–Crippen MR) is 106 cm³/mol. The molecule has 27 heavy (non-hydrogen) atoms. The van der Waals surface area contributed by atoms with Crippen LogP contribution in [0.5, 0.6) is 0 Å². The fourth-order valence-corrected chi connectivity index (χ4v) is 3.48. The minimum atomic E-state index is -0.477. The van der Waals surface area contributed by atoms with Crippen molar-refractivity contribution in [3.8, 4) is 0 Å².